The molecule has 6 aliphatic rings. The minimum atomic E-state index is -0.709. The Balaban J connectivity index is 1.31. The molecule has 4 saturated carbocycles. The summed E-state index contributed by atoms with van der Waals surface area (Å²) in [4.78, 5) is 11.9. The first kappa shape index (κ1) is 33.5. The number of hydrogen-bond acceptors (Lipinski definition) is 4. The third kappa shape index (κ3) is 4.74. The van der Waals surface area contributed by atoms with Crippen molar-refractivity contribution < 1.29 is 20.1 Å². The molecule has 4 fully saturated rings. The van der Waals surface area contributed by atoms with Gasteiger partial charge in [0.2, 0.25) is 0 Å². The molecule has 0 unspecified atom stereocenters. The minimum Gasteiger partial charge on any atom is -0.481 e. The second-order valence-electron chi connectivity index (χ2n) is 18.4. The number of allylic oxidation sites excluding steroid dienone is 5. The van der Waals surface area contributed by atoms with E-state index in [0.717, 1.165) is 32.1 Å². The molecule has 0 aromatic carbocycles. The molecule has 45 heavy (non-hydrogen) atoms. The second-order valence-corrected chi connectivity index (χ2v) is 18.4. The predicted octanol–water partition coefficient (Wildman–Crippen LogP) is 8.08. The van der Waals surface area contributed by atoms with Gasteiger partial charge in [-0.2, -0.15) is 0 Å². The van der Waals surface area contributed by atoms with E-state index in [1.807, 2.05) is 6.92 Å². The highest BCUT2D eigenvalue weighted by Gasteiger charge is 2.70. The highest BCUT2D eigenvalue weighted by atomic mass is 16.4. The van der Waals surface area contributed by atoms with E-state index >= 15 is 0 Å². The molecule has 5 nitrogen and oxygen atoms in total. The van der Waals surface area contributed by atoms with E-state index in [4.69, 9.17) is 0 Å². The normalized spacial score (nSPS) is 47.7. The monoisotopic (exact) mass is 621 g/mol. The van der Waals surface area contributed by atoms with Gasteiger partial charge in [0.05, 0.1) is 18.1 Å². The van der Waals surface area contributed by atoms with Gasteiger partial charge in [0.15, 0.2) is 0 Å². The van der Waals surface area contributed by atoms with Crippen LogP contribution >= 0.6 is 0 Å². The maximum Gasteiger partial charge on any atom is 0.309 e. The van der Waals surface area contributed by atoms with E-state index in [-0.39, 0.29) is 33.8 Å². The molecule has 0 bridgehead atoms. The van der Waals surface area contributed by atoms with Crippen LogP contribution in [0.4, 0.5) is 0 Å². The highest BCUT2D eigenvalue weighted by molar-refractivity contribution is 5.75. The lowest BCUT2D eigenvalue weighted by atomic mass is 9.33. The van der Waals surface area contributed by atoms with Gasteiger partial charge in [0.25, 0.3) is 0 Å². The highest BCUT2D eigenvalue weighted by Crippen LogP contribution is 2.76. The number of carboxylic acid groups (broad SMARTS) is 1. The third-order valence-corrected chi connectivity index (χ3v) is 16.2. The van der Waals surface area contributed by atoms with Gasteiger partial charge < -0.3 is 20.6 Å². The Bertz CT molecular complexity index is 1280. The molecule has 0 spiro atoms. The van der Waals surface area contributed by atoms with Crippen LogP contribution in [0.25, 0.3) is 0 Å². The Labute approximate surface area is 273 Å². The summed E-state index contributed by atoms with van der Waals surface area (Å²) < 4.78 is 0. The molecule has 0 heterocycles. The number of rotatable bonds is 7. The van der Waals surface area contributed by atoms with E-state index in [1.165, 1.54) is 55.2 Å². The summed E-state index contributed by atoms with van der Waals surface area (Å²) in [7, 11) is 0. The number of carboxylic acids is 1. The van der Waals surface area contributed by atoms with Crippen molar-refractivity contribution >= 4 is 5.97 Å². The van der Waals surface area contributed by atoms with Gasteiger partial charge in [-0.3, -0.25) is 4.79 Å². The van der Waals surface area contributed by atoms with Gasteiger partial charge in [-0.05, 0) is 153 Å². The first-order chi connectivity index (χ1) is 21.0. The Kier molecular flexibility index (Phi) is 8.22. The number of aliphatic carboxylic acids is 1. The Morgan fingerprint density at radius 3 is 2.29 bits per heavy atom. The zero-order chi connectivity index (χ0) is 32.8. The van der Waals surface area contributed by atoms with Crippen molar-refractivity contribution in [3.8, 4) is 0 Å². The molecule has 11 atom stereocenters. The lowest BCUT2D eigenvalue weighted by molar-refractivity contribution is -0.221. The van der Waals surface area contributed by atoms with Crippen molar-refractivity contribution in [3.63, 3.8) is 0 Å². The molecule has 4 N–H and O–H groups in total. The molecule has 0 aromatic heterocycles. The van der Waals surface area contributed by atoms with E-state index < -0.39 is 17.5 Å². The van der Waals surface area contributed by atoms with E-state index in [1.54, 1.807) is 0 Å². The summed E-state index contributed by atoms with van der Waals surface area (Å²) in [5.74, 6) is 2.33. The fourth-order valence-electron chi connectivity index (χ4n) is 13.4. The van der Waals surface area contributed by atoms with Crippen molar-refractivity contribution in [2.75, 3.05) is 13.2 Å². The van der Waals surface area contributed by atoms with Gasteiger partial charge in [-0.15, -0.1) is 0 Å². The number of β-amino-alcohol motifs (C(OH)–C–C–N with tert-alkyl or cyclic N) is 1. The zero-order valence-corrected chi connectivity index (χ0v) is 29.5. The SMILES string of the molecule is C=C(C)[C@@H]1CC[C@]2(NC[C@@H](O)CO)CC[C@]3(C)[C@H](CC[C@@H]4[C@@]5(C)CC=C(C6=CC[C@](C)(C(=O)O)CC6)C(C)(C)[C@@H]5CC[C@]43C)[C@@H]12. The predicted molar refractivity (Wildman–Crippen MR) is 182 cm³/mol. The third-order valence-electron chi connectivity index (χ3n) is 16.2. The maximum absolute atomic E-state index is 11.9. The standard InChI is InChI=1S/C40H63NO4/c1-25(2)28-13-20-40(41-23-27(43)24-42)22-21-38(7)30(33(28)40)9-10-32-37(6)18-14-29(26-11-16-36(5,17-12-26)34(44)45)35(3,4)31(37)15-19-39(32,38)8/h11,14,27-28,30-33,41-43H,1,9-10,12-13,15-24H2,2-8H3,(H,44,45)/t27-,28+,30-,31+,32-,33-,36+,37+,38-,39-,40+/m1/s1. The van der Waals surface area contributed by atoms with Crippen LogP contribution in [0, 0.1) is 56.7 Å². The Morgan fingerprint density at radius 1 is 0.933 bits per heavy atom. The Morgan fingerprint density at radius 2 is 1.67 bits per heavy atom. The summed E-state index contributed by atoms with van der Waals surface area (Å²) in [5.41, 5.74) is 4.50. The van der Waals surface area contributed by atoms with Gasteiger partial charge in [0.1, 0.15) is 0 Å². The molecule has 6 aliphatic carbocycles. The minimum absolute atomic E-state index is 0.0309. The Hall–Kier alpha value is -1.43. The van der Waals surface area contributed by atoms with Gasteiger partial charge >= 0.3 is 5.97 Å². The second kappa shape index (κ2) is 11.1. The molecule has 6 rings (SSSR count). The molecule has 5 heteroatoms. The summed E-state index contributed by atoms with van der Waals surface area (Å²) >= 11 is 0. The molecule has 0 amide bonds. The van der Waals surface area contributed by atoms with Crippen LogP contribution in [0.3, 0.4) is 0 Å². The number of aliphatic hydroxyl groups excluding tert-OH is 2. The van der Waals surface area contributed by atoms with Crippen molar-refractivity contribution in [1.82, 2.24) is 5.32 Å². The number of hydrogen-bond donors (Lipinski definition) is 4. The quantitative estimate of drug-likeness (QED) is 0.216. The van der Waals surface area contributed by atoms with E-state index in [0.29, 0.717) is 42.6 Å². The van der Waals surface area contributed by atoms with E-state index in [2.05, 4.69) is 65.6 Å². The van der Waals surface area contributed by atoms with Crippen molar-refractivity contribution in [3.05, 3.63) is 35.5 Å². The molecular weight excluding hydrogens is 558 g/mol. The summed E-state index contributed by atoms with van der Waals surface area (Å²) in [6.07, 6.45) is 17.3. The smallest absolute Gasteiger partial charge is 0.309 e. The topological polar surface area (TPSA) is 89.8 Å². The average molecular weight is 622 g/mol. The van der Waals surface area contributed by atoms with Crippen LogP contribution in [-0.2, 0) is 4.79 Å². The van der Waals surface area contributed by atoms with Crippen LogP contribution < -0.4 is 5.32 Å². The summed E-state index contributed by atoms with van der Waals surface area (Å²) in [6, 6.07) is 0. The first-order valence-corrected chi connectivity index (χ1v) is 18.3. The zero-order valence-electron chi connectivity index (χ0n) is 29.5. The number of fused-ring (bicyclic) bond motifs is 7. The van der Waals surface area contributed by atoms with Gasteiger partial charge in [0, 0.05) is 12.1 Å². The van der Waals surface area contributed by atoms with Crippen LogP contribution in [0.15, 0.2) is 35.5 Å². The van der Waals surface area contributed by atoms with Crippen LogP contribution in [-0.4, -0.2) is 46.1 Å². The number of carbonyl (C=O) groups is 1. The molecule has 252 valence electrons. The summed E-state index contributed by atoms with van der Waals surface area (Å²) in [6.45, 7) is 22.0. The lowest BCUT2D eigenvalue weighted by Crippen LogP contribution is -2.68. The molecular formula is C40H63NO4. The molecule has 0 radical (unpaired) electrons. The lowest BCUT2D eigenvalue weighted by Gasteiger charge is -2.72. The fraction of sp³-hybridized carbons (Fsp3) is 0.825. The number of aliphatic hydroxyl groups is 2. The number of nitrogens with one attached hydrogen (secondary N) is 1. The molecule has 0 aromatic rings. The van der Waals surface area contributed by atoms with Crippen LogP contribution in [0.5, 0.6) is 0 Å². The van der Waals surface area contributed by atoms with Crippen molar-refractivity contribution in [2.24, 2.45) is 56.7 Å². The van der Waals surface area contributed by atoms with Crippen LogP contribution in [0.1, 0.15) is 126 Å². The van der Waals surface area contributed by atoms with Crippen molar-refractivity contribution in [1.29, 1.82) is 0 Å². The maximum atomic E-state index is 11.9. The summed E-state index contributed by atoms with van der Waals surface area (Å²) in [5, 5.41) is 33.6. The van der Waals surface area contributed by atoms with Crippen molar-refractivity contribution in [2.45, 2.75) is 137 Å². The first-order valence-electron chi connectivity index (χ1n) is 18.3. The van der Waals surface area contributed by atoms with E-state index in [9.17, 15) is 20.1 Å². The average Bonchev–Trinajstić information content (AvgIpc) is 3.37. The largest absolute Gasteiger partial charge is 0.481 e. The van der Waals surface area contributed by atoms with Gasteiger partial charge in [-0.1, -0.05) is 58.9 Å². The van der Waals surface area contributed by atoms with Crippen LogP contribution in [0.2, 0.25) is 0 Å². The fourth-order valence-corrected chi connectivity index (χ4v) is 13.4. The molecule has 0 saturated heterocycles. The van der Waals surface area contributed by atoms with Gasteiger partial charge in [-0.25, -0.2) is 0 Å². The molecule has 0 aliphatic heterocycles.